The molecule has 0 N–H and O–H groups in total. The molecule has 1 aliphatic heterocycles. The van der Waals surface area contributed by atoms with Crippen LogP contribution in [0.3, 0.4) is 0 Å². The van der Waals surface area contributed by atoms with Gasteiger partial charge in [0.05, 0.1) is 18.4 Å². The fourth-order valence-corrected chi connectivity index (χ4v) is 2.19. The third-order valence-electron chi connectivity index (χ3n) is 2.99. The largest absolute Gasteiger partial charge is 0.372 e. The fraction of sp³-hybridized carbons (Fsp3) is 0.500. The molecular formula is C12H16N4O. The number of fused-ring (bicyclic) bond motifs is 1. The summed E-state index contributed by atoms with van der Waals surface area (Å²) in [6.07, 6.45) is 3.70. The molecule has 5 nitrogen and oxygen atoms in total. The van der Waals surface area contributed by atoms with Gasteiger partial charge in [-0.15, -0.1) is 0 Å². The number of rotatable bonds is 1. The first kappa shape index (κ1) is 10.5. The predicted octanol–water partition coefficient (Wildman–Crippen LogP) is 1.34. The highest BCUT2D eigenvalue weighted by Gasteiger charge is 2.27. The van der Waals surface area contributed by atoms with Crippen LogP contribution >= 0.6 is 0 Å². The van der Waals surface area contributed by atoms with Crippen LogP contribution in [-0.2, 0) is 4.74 Å². The molecule has 0 unspecified atom stereocenters. The van der Waals surface area contributed by atoms with Gasteiger partial charge < -0.3 is 9.64 Å². The minimum Gasteiger partial charge on any atom is -0.372 e. The van der Waals surface area contributed by atoms with Crippen molar-refractivity contribution in [1.82, 2.24) is 14.6 Å². The molecule has 0 aromatic carbocycles. The lowest BCUT2D eigenvalue weighted by Crippen LogP contribution is -2.48. The maximum Gasteiger partial charge on any atom is 0.157 e. The van der Waals surface area contributed by atoms with E-state index in [9.17, 15) is 0 Å². The number of hydrogen-bond acceptors (Lipinski definition) is 4. The molecule has 0 radical (unpaired) electrons. The van der Waals surface area contributed by atoms with E-state index in [1.807, 2.05) is 18.3 Å². The molecular weight excluding hydrogens is 216 g/mol. The van der Waals surface area contributed by atoms with Crippen LogP contribution in [0.2, 0.25) is 0 Å². The fourth-order valence-electron chi connectivity index (χ4n) is 2.19. The molecule has 2 aromatic heterocycles. The first-order chi connectivity index (χ1) is 8.14. The summed E-state index contributed by atoms with van der Waals surface area (Å²) in [5.41, 5.74) is 0.776. The molecule has 17 heavy (non-hydrogen) atoms. The van der Waals surface area contributed by atoms with E-state index in [0.717, 1.165) is 31.2 Å². The van der Waals surface area contributed by atoms with Gasteiger partial charge in [0.1, 0.15) is 5.82 Å². The molecule has 0 saturated carbocycles. The summed E-state index contributed by atoms with van der Waals surface area (Å²) >= 11 is 0. The van der Waals surface area contributed by atoms with Gasteiger partial charge in [0.15, 0.2) is 5.65 Å². The second-order valence-electron chi connectivity index (χ2n) is 4.95. The van der Waals surface area contributed by atoms with Crippen LogP contribution in [0.5, 0.6) is 0 Å². The zero-order valence-electron chi connectivity index (χ0n) is 10.1. The zero-order chi connectivity index (χ0) is 11.9. The van der Waals surface area contributed by atoms with Crippen molar-refractivity contribution in [2.45, 2.75) is 19.4 Å². The number of morpholine rings is 1. The Hall–Kier alpha value is -1.62. The maximum atomic E-state index is 5.70. The van der Waals surface area contributed by atoms with Gasteiger partial charge in [-0.05, 0) is 19.9 Å². The van der Waals surface area contributed by atoms with Crippen LogP contribution in [-0.4, -0.2) is 39.9 Å². The molecule has 1 aliphatic rings. The van der Waals surface area contributed by atoms with Gasteiger partial charge >= 0.3 is 0 Å². The average molecular weight is 232 g/mol. The number of aromatic nitrogens is 3. The Morgan fingerprint density at radius 2 is 2.24 bits per heavy atom. The lowest BCUT2D eigenvalue weighted by atomic mass is 10.1. The van der Waals surface area contributed by atoms with Crippen molar-refractivity contribution >= 4 is 11.5 Å². The number of hydrogen-bond donors (Lipinski definition) is 0. The highest BCUT2D eigenvalue weighted by molar-refractivity contribution is 5.47. The minimum absolute atomic E-state index is 0.105. The Morgan fingerprint density at radius 3 is 3.06 bits per heavy atom. The summed E-state index contributed by atoms with van der Waals surface area (Å²) < 4.78 is 7.48. The van der Waals surface area contributed by atoms with E-state index in [4.69, 9.17) is 4.74 Å². The maximum absolute atomic E-state index is 5.70. The molecule has 3 heterocycles. The van der Waals surface area contributed by atoms with Crippen LogP contribution in [0.15, 0.2) is 24.5 Å². The lowest BCUT2D eigenvalue weighted by Gasteiger charge is -2.38. The molecule has 3 rings (SSSR count). The zero-order valence-corrected chi connectivity index (χ0v) is 10.1. The first-order valence-electron chi connectivity index (χ1n) is 5.83. The van der Waals surface area contributed by atoms with Crippen LogP contribution in [0.4, 0.5) is 5.82 Å². The van der Waals surface area contributed by atoms with Gasteiger partial charge in [0.2, 0.25) is 0 Å². The van der Waals surface area contributed by atoms with Crippen molar-refractivity contribution in [3.05, 3.63) is 24.5 Å². The molecule has 0 atom stereocenters. The lowest BCUT2D eigenvalue weighted by molar-refractivity contribution is -0.0279. The second-order valence-corrected chi connectivity index (χ2v) is 4.95. The summed E-state index contributed by atoms with van der Waals surface area (Å²) in [7, 11) is 0. The molecule has 0 aliphatic carbocycles. The Kier molecular flexibility index (Phi) is 2.29. The first-order valence-corrected chi connectivity index (χ1v) is 5.83. The van der Waals surface area contributed by atoms with Crippen molar-refractivity contribution < 1.29 is 4.74 Å². The summed E-state index contributed by atoms with van der Waals surface area (Å²) in [5, 5.41) is 4.14. The summed E-state index contributed by atoms with van der Waals surface area (Å²) in [5.74, 6) is 0.995. The number of anilines is 1. The Bertz CT molecular complexity index is 534. The van der Waals surface area contributed by atoms with E-state index in [-0.39, 0.29) is 5.60 Å². The van der Waals surface area contributed by atoms with E-state index >= 15 is 0 Å². The molecule has 5 heteroatoms. The smallest absolute Gasteiger partial charge is 0.157 e. The van der Waals surface area contributed by atoms with E-state index in [0.29, 0.717) is 0 Å². The minimum atomic E-state index is -0.105. The normalized spacial score (nSPS) is 19.8. The van der Waals surface area contributed by atoms with Gasteiger partial charge in [-0.1, -0.05) is 0 Å². The highest BCUT2D eigenvalue weighted by Crippen LogP contribution is 2.21. The van der Waals surface area contributed by atoms with E-state index < -0.39 is 0 Å². The van der Waals surface area contributed by atoms with Crippen molar-refractivity contribution in [3.8, 4) is 0 Å². The molecule has 90 valence electrons. The number of nitrogens with zero attached hydrogens (tertiary/aromatic N) is 4. The van der Waals surface area contributed by atoms with Crippen molar-refractivity contribution in [2.24, 2.45) is 0 Å². The molecule has 0 spiro atoms. The van der Waals surface area contributed by atoms with Gasteiger partial charge in [0, 0.05) is 25.4 Å². The monoisotopic (exact) mass is 232 g/mol. The van der Waals surface area contributed by atoms with Gasteiger partial charge in [-0.3, -0.25) is 0 Å². The summed E-state index contributed by atoms with van der Waals surface area (Å²) in [6.45, 7) is 6.72. The Labute approximate surface area is 100 Å². The molecule has 2 aromatic rings. The van der Waals surface area contributed by atoms with Gasteiger partial charge in [0.25, 0.3) is 0 Å². The summed E-state index contributed by atoms with van der Waals surface area (Å²) in [4.78, 5) is 6.86. The van der Waals surface area contributed by atoms with E-state index in [1.165, 1.54) is 0 Å². The SMILES string of the molecule is CC1(C)CN(c2ccn3nccc3n2)CCO1. The number of ether oxygens (including phenoxy) is 1. The molecule has 0 bridgehead atoms. The molecule has 0 amide bonds. The second kappa shape index (κ2) is 3.70. The van der Waals surface area contributed by atoms with Crippen molar-refractivity contribution in [1.29, 1.82) is 0 Å². The standard InChI is InChI=1S/C12H16N4O/c1-12(2)9-15(7-8-17-12)10-4-6-16-11(14-10)3-5-13-16/h3-6H,7-9H2,1-2H3. The molecule has 1 saturated heterocycles. The Morgan fingerprint density at radius 1 is 1.35 bits per heavy atom. The van der Waals surface area contributed by atoms with Crippen LogP contribution in [0.25, 0.3) is 5.65 Å². The van der Waals surface area contributed by atoms with E-state index in [2.05, 4.69) is 28.8 Å². The van der Waals surface area contributed by atoms with Crippen LogP contribution in [0, 0.1) is 0 Å². The Balaban J connectivity index is 1.92. The van der Waals surface area contributed by atoms with Gasteiger partial charge in [-0.2, -0.15) is 5.10 Å². The van der Waals surface area contributed by atoms with Crippen molar-refractivity contribution in [3.63, 3.8) is 0 Å². The highest BCUT2D eigenvalue weighted by atomic mass is 16.5. The average Bonchev–Trinajstić information content (AvgIpc) is 2.74. The summed E-state index contributed by atoms with van der Waals surface area (Å²) in [6, 6.07) is 3.91. The third kappa shape index (κ3) is 1.98. The quantitative estimate of drug-likeness (QED) is 0.744. The van der Waals surface area contributed by atoms with Crippen LogP contribution < -0.4 is 4.90 Å². The topological polar surface area (TPSA) is 42.7 Å². The predicted molar refractivity (Wildman–Crippen MR) is 65.2 cm³/mol. The van der Waals surface area contributed by atoms with Gasteiger partial charge in [-0.25, -0.2) is 9.50 Å². The molecule has 1 fully saturated rings. The third-order valence-corrected chi connectivity index (χ3v) is 2.99. The van der Waals surface area contributed by atoms with Crippen LogP contribution in [0.1, 0.15) is 13.8 Å². The van der Waals surface area contributed by atoms with E-state index in [1.54, 1.807) is 10.7 Å². The van der Waals surface area contributed by atoms with Crippen molar-refractivity contribution in [2.75, 3.05) is 24.6 Å².